The Labute approximate surface area is 126 Å². The molecule has 3 N–H and O–H groups in total. The van der Waals surface area contributed by atoms with E-state index in [2.05, 4.69) is 5.43 Å². The lowest BCUT2D eigenvalue weighted by Crippen LogP contribution is -2.29. The summed E-state index contributed by atoms with van der Waals surface area (Å²) in [6.45, 7) is 1.05. The fraction of sp³-hybridized carbons (Fsp3) is 0.200. The summed E-state index contributed by atoms with van der Waals surface area (Å²) in [5, 5.41) is 0.0605. The summed E-state index contributed by atoms with van der Waals surface area (Å²) >= 11 is 5.83. The molecule has 2 aromatic rings. The number of nitrogens with two attached hydrogens (primary N) is 1. The summed E-state index contributed by atoms with van der Waals surface area (Å²) in [5.74, 6) is 6.56. The number of hydrogen-bond donors (Lipinski definition) is 2. The van der Waals surface area contributed by atoms with Crippen LogP contribution in [0.25, 0.3) is 0 Å². The van der Waals surface area contributed by atoms with E-state index in [0.29, 0.717) is 24.7 Å². The van der Waals surface area contributed by atoms with Gasteiger partial charge in [-0.2, -0.15) is 0 Å². The number of nitrogens with one attached hydrogen (secondary N) is 1. The Morgan fingerprint density at radius 1 is 1.05 bits per heavy atom. The third kappa shape index (κ3) is 2.81. The summed E-state index contributed by atoms with van der Waals surface area (Å²) in [6.07, 6.45) is 0. The van der Waals surface area contributed by atoms with Crippen molar-refractivity contribution >= 4 is 11.6 Å². The average Bonchev–Trinajstić information content (AvgIpc) is 2.51. The molecule has 1 aliphatic rings. The third-order valence-electron chi connectivity index (χ3n) is 3.34. The maximum absolute atomic E-state index is 13.3. The first-order chi connectivity index (χ1) is 10.2. The van der Waals surface area contributed by atoms with Crippen LogP contribution in [-0.2, 0) is 0 Å². The lowest BCUT2D eigenvalue weighted by molar-refractivity contribution is 0.171. The number of halogens is 2. The van der Waals surface area contributed by atoms with Gasteiger partial charge in [0.05, 0.1) is 11.1 Å². The molecule has 0 bridgehead atoms. The van der Waals surface area contributed by atoms with Gasteiger partial charge in [0.15, 0.2) is 11.5 Å². The van der Waals surface area contributed by atoms with Gasteiger partial charge in [0, 0.05) is 0 Å². The lowest BCUT2D eigenvalue weighted by atomic mass is 9.98. The molecule has 1 heterocycles. The van der Waals surface area contributed by atoms with Crippen LogP contribution in [-0.4, -0.2) is 13.2 Å². The molecule has 1 atom stereocenters. The molecule has 0 radical (unpaired) electrons. The molecule has 2 aromatic carbocycles. The Morgan fingerprint density at radius 3 is 2.43 bits per heavy atom. The zero-order chi connectivity index (χ0) is 14.8. The van der Waals surface area contributed by atoms with Crippen molar-refractivity contribution < 1.29 is 13.9 Å². The minimum Gasteiger partial charge on any atom is -0.486 e. The van der Waals surface area contributed by atoms with Gasteiger partial charge in [-0.15, -0.1) is 0 Å². The predicted molar refractivity (Wildman–Crippen MR) is 78.0 cm³/mol. The highest BCUT2D eigenvalue weighted by molar-refractivity contribution is 6.30. The molecule has 6 heteroatoms. The number of fused-ring (bicyclic) bond motifs is 1. The fourth-order valence-corrected chi connectivity index (χ4v) is 2.51. The second-order valence-electron chi connectivity index (χ2n) is 4.68. The van der Waals surface area contributed by atoms with E-state index in [-0.39, 0.29) is 11.1 Å². The van der Waals surface area contributed by atoms with Crippen LogP contribution in [0, 0.1) is 5.82 Å². The Bertz CT molecular complexity index is 666. The summed E-state index contributed by atoms with van der Waals surface area (Å²) in [6, 6.07) is 9.77. The number of hydrazine groups is 1. The molecule has 3 rings (SSSR count). The maximum atomic E-state index is 13.3. The number of hydrogen-bond acceptors (Lipinski definition) is 4. The smallest absolute Gasteiger partial charge is 0.161 e. The predicted octanol–water partition coefficient (Wildman–Crippen LogP) is 2.80. The minimum atomic E-state index is -0.460. The quantitative estimate of drug-likeness (QED) is 0.676. The van der Waals surface area contributed by atoms with Crippen LogP contribution in [0.5, 0.6) is 11.5 Å². The zero-order valence-electron chi connectivity index (χ0n) is 11.1. The van der Waals surface area contributed by atoms with Crippen molar-refractivity contribution in [3.63, 3.8) is 0 Å². The van der Waals surface area contributed by atoms with E-state index >= 15 is 0 Å². The molecule has 0 aliphatic carbocycles. The highest BCUT2D eigenvalue weighted by Crippen LogP contribution is 2.34. The number of rotatable bonds is 3. The van der Waals surface area contributed by atoms with E-state index in [9.17, 15) is 4.39 Å². The largest absolute Gasteiger partial charge is 0.486 e. The Balaban J connectivity index is 1.97. The van der Waals surface area contributed by atoms with Gasteiger partial charge in [0.25, 0.3) is 0 Å². The lowest BCUT2D eigenvalue weighted by Gasteiger charge is -2.22. The zero-order valence-corrected chi connectivity index (χ0v) is 11.9. The molecular weight excluding hydrogens is 295 g/mol. The molecule has 1 aliphatic heterocycles. The van der Waals surface area contributed by atoms with Crippen LogP contribution in [0.3, 0.4) is 0 Å². The van der Waals surface area contributed by atoms with Gasteiger partial charge in [0.2, 0.25) is 0 Å². The molecule has 4 nitrogen and oxygen atoms in total. The van der Waals surface area contributed by atoms with Gasteiger partial charge in [0.1, 0.15) is 19.0 Å². The summed E-state index contributed by atoms with van der Waals surface area (Å²) in [7, 11) is 0. The minimum absolute atomic E-state index is 0.0605. The van der Waals surface area contributed by atoms with Crippen molar-refractivity contribution in [3.8, 4) is 11.5 Å². The normalized spacial score (nSPS) is 14.8. The van der Waals surface area contributed by atoms with Crippen molar-refractivity contribution in [2.75, 3.05) is 13.2 Å². The first-order valence-electron chi connectivity index (χ1n) is 6.49. The first-order valence-corrected chi connectivity index (χ1v) is 6.87. The highest BCUT2D eigenvalue weighted by Gasteiger charge is 2.18. The van der Waals surface area contributed by atoms with Crippen LogP contribution in [0.2, 0.25) is 5.02 Å². The number of benzene rings is 2. The summed E-state index contributed by atoms with van der Waals surface area (Å²) in [4.78, 5) is 0. The second-order valence-corrected chi connectivity index (χ2v) is 5.08. The van der Waals surface area contributed by atoms with Gasteiger partial charge in [-0.25, -0.2) is 9.82 Å². The molecule has 0 amide bonds. The molecule has 0 aromatic heterocycles. The molecule has 21 heavy (non-hydrogen) atoms. The van der Waals surface area contributed by atoms with Crippen LogP contribution in [0.4, 0.5) is 4.39 Å². The molecular formula is C15H14ClFN2O2. The van der Waals surface area contributed by atoms with Crippen molar-refractivity contribution in [2.45, 2.75) is 6.04 Å². The molecule has 0 spiro atoms. The number of ether oxygens (including phenoxy) is 2. The average molecular weight is 309 g/mol. The van der Waals surface area contributed by atoms with Crippen LogP contribution in [0.15, 0.2) is 36.4 Å². The first kappa shape index (κ1) is 14.1. The molecule has 1 unspecified atom stereocenters. The standard InChI is InChI=1S/C15H14ClFN2O2/c16-11-7-9(1-3-12(11)17)15(19-18)10-2-4-13-14(8-10)21-6-5-20-13/h1-4,7-8,15,19H,5-6,18H2. The Hall–Kier alpha value is -1.82. The van der Waals surface area contributed by atoms with E-state index in [1.54, 1.807) is 12.1 Å². The Morgan fingerprint density at radius 2 is 1.71 bits per heavy atom. The van der Waals surface area contributed by atoms with Crippen molar-refractivity contribution in [3.05, 3.63) is 58.4 Å². The van der Waals surface area contributed by atoms with Crippen LogP contribution in [0.1, 0.15) is 17.2 Å². The molecule has 0 fully saturated rings. The van der Waals surface area contributed by atoms with E-state index in [1.807, 2.05) is 18.2 Å². The maximum Gasteiger partial charge on any atom is 0.161 e. The van der Waals surface area contributed by atoms with Crippen LogP contribution < -0.4 is 20.7 Å². The van der Waals surface area contributed by atoms with Gasteiger partial charge in [-0.3, -0.25) is 5.84 Å². The third-order valence-corrected chi connectivity index (χ3v) is 3.63. The molecule has 0 saturated carbocycles. The van der Waals surface area contributed by atoms with E-state index < -0.39 is 5.82 Å². The molecule has 110 valence electrons. The SMILES string of the molecule is NNC(c1ccc(F)c(Cl)c1)c1ccc2c(c1)OCCO2. The highest BCUT2D eigenvalue weighted by atomic mass is 35.5. The van der Waals surface area contributed by atoms with Crippen molar-refractivity contribution in [2.24, 2.45) is 5.84 Å². The van der Waals surface area contributed by atoms with E-state index in [0.717, 1.165) is 11.1 Å². The van der Waals surface area contributed by atoms with E-state index in [1.165, 1.54) is 6.07 Å². The van der Waals surface area contributed by atoms with Gasteiger partial charge in [-0.05, 0) is 35.4 Å². The monoisotopic (exact) mass is 308 g/mol. The second kappa shape index (κ2) is 5.89. The van der Waals surface area contributed by atoms with Crippen molar-refractivity contribution in [1.82, 2.24) is 5.43 Å². The topological polar surface area (TPSA) is 56.5 Å². The summed E-state index contributed by atoms with van der Waals surface area (Å²) in [5.41, 5.74) is 4.35. The van der Waals surface area contributed by atoms with Gasteiger partial charge in [-0.1, -0.05) is 23.7 Å². The van der Waals surface area contributed by atoms with Crippen LogP contribution >= 0.6 is 11.6 Å². The fourth-order valence-electron chi connectivity index (χ4n) is 2.32. The van der Waals surface area contributed by atoms with Gasteiger partial charge >= 0.3 is 0 Å². The van der Waals surface area contributed by atoms with Crippen molar-refractivity contribution in [1.29, 1.82) is 0 Å². The Kier molecular flexibility index (Phi) is 3.96. The molecule has 0 saturated heterocycles. The summed E-state index contributed by atoms with van der Waals surface area (Å²) < 4.78 is 24.3. The van der Waals surface area contributed by atoms with Gasteiger partial charge < -0.3 is 9.47 Å². The van der Waals surface area contributed by atoms with E-state index in [4.69, 9.17) is 26.9 Å².